The first-order chi connectivity index (χ1) is 14.6. The molecule has 30 heavy (non-hydrogen) atoms. The Morgan fingerprint density at radius 2 is 1.90 bits per heavy atom. The molecule has 1 saturated carbocycles. The van der Waals surface area contributed by atoms with Crippen molar-refractivity contribution >= 4 is 23.5 Å². The molecule has 3 atom stereocenters. The van der Waals surface area contributed by atoms with E-state index in [-0.39, 0.29) is 23.7 Å². The number of carbonyl (C=O) groups excluding carboxylic acids is 2. The van der Waals surface area contributed by atoms with Crippen LogP contribution < -0.4 is 10.6 Å². The first-order valence-electron chi connectivity index (χ1n) is 10.2. The highest BCUT2D eigenvalue weighted by Crippen LogP contribution is 2.48. The Morgan fingerprint density at radius 3 is 2.77 bits per heavy atom. The minimum atomic E-state index is -0.620. The van der Waals surface area contributed by atoms with Crippen molar-refractivity contribution in [2.75, 3.05) is 10.6 Å². The molecule has 3 aromatic rings. The molecule has 0 bridgehead atoms. The number of rotatable bonds is 3. The quantitative estimate of drug-likeness (QED) is 0.712. The van der Waals surface area contributed by atoms with Crippen molar-refractivity contribution in [2.45, 2.75) is 30.6 Å². The average Bonchev–Trinajstić information content (AvgIpc) is 3.41. The van der Waals surface area contributed by atoms with Gasteiger partial charge in [-0.1, -0.05) is 36.4 Å². The maximum atomic E-state index is 12.8. The zero-order valence-electron chi connectivity index (χ0n) is 16.3. The predicted molar refractivity (Wildman–Crippen MR) is 112 cm³/mol. The summed E-state index contributed by atoms with van der Waals surface area (Å²) in [4.78, 5) is 34.3. The standard InChI is InChI=1S/C24H20N4O2/c29-22(18-10-17(18)14-5-2-1-3-6-14)27-20-9-15-11-24(12-16(15)13-26-20)19-7-4-8-25-21(19)28-23(24)30/h1-9,13,17-18H,10-12H2,(H,25,28,30)(H,26,27,29)/t17-,18+,24?/m0/s1. The van der Waals surface area contributed by atoms with Crippen molar-refractivity contribution < 1.29 is 9.59 Å². The summed E-state index contributed by atoms with van der Waals surface area (Å²) in [5.74, 6) is 1.48. The van der Waals surface area contributed by atoms with Crippen LogP contribution in [0.15, 0.2) is 60.9 Å². The smallest absolute Gasteiger partial charge is 0.237 e. The lowest BCUT2D eigenvalue weighted by atomic mass is 9.79. The second-order valence-electron chi connectivity index (χ2n) is 8.48. The predicted octanol–water partition coefficient (Wildman–Crippen LogP) is 3.21. The third-order valence-electron chi connectivity index (χ3n) is 6.66. The van der Waals surface area contributed by atoms with Crippen LogP contribution >= 0.6 is 0 Å². The van der Waals surface area contributed by atoms with Gasteiger partial charge in [0.1, 0.15) is 11.6 Å². The van der Waals surface area contributed by atoms with Gasteiger partial charge in [0.25, 0.3) is 0 Å². The van der Waals surface area contributed by atoms with E-state index >= 15 is 0 Å². The van der Waals surface area contributed by atoms with Gasteiger partial charge >= 0.3 is 0 Å². The lowest BCUT2D eigenvalue weighted by Crippen LogP contribution is -2.35. The third kappa shape index (κ3) is 2.56. The van der Waals surface area contributed by atoms with E-state index in [4.69, 9.17) is 0 Å². The van der Waals surface area contributed by atoms with Gasteiger partial charge in [0.2, 0.25) is 11.8 Å². The monoisotopic (exact) mass is 396 g/mol. The van der Waals surface area contributed by atoms with E-state index < -0.39 is 5.41 Å². The molecule has 0 saturated heterocycles. The molecule has 6 heteroatoms. The summed E-state index contributed by atoms with van der Waals surface area (Å²) in [7, 11) is 0. The highest BCUT2D eigenvalue weighted by molar-refractivity contribution is 6.06. The van der Waals surface area contributed by atoms with Crippen LogP contribution in [0.4, 0.5) is 11.6 Å². The van der Waals surface area contributed by atoms with Gasteiger partial charge in [0, 0.05) is 23.9 Å². The summed E-state index contributed by atoms with van der Waals surface area (Å²) >= 11 is 0. The molecule has 1 unspecified atom stereocenters. The van der Waals surface area contributed by atoms with Crippen LogP contribution in [-0.4, -0.2) is 21.8 Å². The Kier molecular flexibility index (Phi) is 3.60. The van der Waals surface area contributed by atoms with Crippen LogP contribution in [0.2, 0.25) is 0 Å². The van der Waals surface area contributed by atoms with Gasteiger partial charge in [-0.05, 0) is 54.0 Å². The normalized spacial score (nSPS) is 25.5. The van der Waals surface area contributed by atoms with Crippen LogP contribution in [-0.2, 0) is 27.8 Å². The number of pyridine rings is 2. The number of aromatic nitrogens is 2. The first kappa shape index (κ1) is 17.3. The molecule has 1 aromatic carbocycles. The van der Waals surface area contributed by atoms with Crippen molar-refractivity contribution in [1.29, 1.82) is 0 Å². The summed E-state index contributed by atoms with van der Waals surface area (Å²) in [6, 6.07) is 15.9. The SMILES string of the molecule is O=C(Nc1cc2c(cn1)CC1(C2)C(=O)Nc2ncccc21)[C@@H]1C[C@H]1c1ccccc1. The van der Waals surface area contributed by atoms with Gasteiger partial charge in [0.15, 0.2) is 0 Å². The lowest BCUT2D eigenvalue weighted by molar-refractivity contribution is -0.120. The molecule has 2 aliphatic carbocycles. The van der Waals surface area contributed by atoms with Crippen LogP contribution in [0, 0.1) is 5.92 Å². The first-order valence-corrected chi connectivity index (χ1v) is 10.2. The highest BCUT2D eigenvalue weighted by atomic mass is 16.2. The topological polar surface area (TPSA) is 84.0 Å². The molecule has 2 aromatic heterocycles. The van der Waals surface area contributed by atoms with Crippen molar-refractivity contribution in [3.63, 3.8) is 0 Å². The fourth-order valence-electron chi connectivity index (χ4n) is 4.99. The van der Waals surface area contributed by atoms with Gasteiger partial charge in [-0.25, -0.2) is 9.97 Å². The molecule has 0 radical (unpaired) electrons. The average molecular weight is 396 g/mol. The third-order valence-corrected chi connectivity index (χ3v) is 6.66. The number of nitrogens with zero attached hydrogens (tertiary/aromatic N) is 2. The van der Waals surface area contributed by atoms with Crippen molar-refractivity contribution in [2.24, 2.45) is 5.92 Å². The lowest BCUT2D eigenvalue weighted by Gasteiger charge is -2.20. The number of hydrogen-bond donors (Lipinski definition) is 2. The zero-order chi connectivity index (χ0) is 20.3. The van der Waals surface area contributed by atoms with E-state index in [1.54, 1.807) is 12.4 Å². The van der Waals surface area contributed by atoms with Crippen molar-refractivity contribution in [1.82, 2.24) is 9.97 Å². The summed E-state index contributed by atoms with van der Waals surface area (Å²) in [6.07, 6.45) is 5.55. The number of amides is 2. The zero-order valence-corrected chi connectivity index (χ0v) is 16.3. The molecule has 3 heterocycles. The Labute approximate surface area is 173 Å². The maximum Gasteiger partial charge on any atom is 0.237 e. The number of fused-ring (bicyclic) bond motifs is 3. The second kappa shape index (κ2) is 6.23. The highest BCUT2D eigenvalue weighted by Gasteiger charge is 2.51. The summed E-state index contributed by atoms with van der Waals surface area (Å²) in [5, 5.41) is 5.89. The van der Waals surface area contributed by atoms with Crippen LogP contribution in [0.1, 0.15) is 34.6 Å². The number of carbonyl (C=O) groups is 2. The van der Waals surface area contributed by atoms with Gasteiger partial charge in [0.05, 0.1) is 5.41 Å². The number of nitrogens with one attached hydrogen (secondary N) is 2. The van der Waals surface area contributed by atoms with Crippen LogP contribution in [0.5, 0.6) is 0 Å². The molecule has 148 valence electrons. The van der Waals surface area contributed by atoms with E-state index in [1.807, 2.05) is 36.4 Å². The maximum absolute atomic E-state index is 12.8. The molecular formula is C24H20N4O2. The van der Waals surface area contributed by atoms with Crippen LogP contribution in [0.25, 0.3) is 0 Å². The van der Waals surface area contributed by atoms with Gasteiger partial charge in [-0.3, -0.25) is 9.59 Å². The van der Waals surface area contributed by atoms with E-state index in [1.165, 1.54) is 5.56 Å². The number of anilines is 2. The minimum Gasteiger partial charge on any atom is -0.310 e. The Hall–Kier alpha value is -3.54. The molecule has 6 rings (SSSR count). The molecule has 2 N–H and O–H groups in total. The Bertz CT molecular complexity index is 1190. The van der Waals surface area contributed by atoms with E-state index in [0.29, 0.717) is 24.5 Å². The van der Waals surface area contributed by atoms with Gasteiger partial charge < -0.3 is 10.6 Å². The van der Waals surface area contributed by atoms with Crippen molar-refractivity contribution in [3.05, 3.63) is 83.2 Å². The molecule has 3 aliphatic rings. The molecule has 1 fully saturated rings. The van der Waals surface area contributed by atoms with E-state index in [0.717, 1.165) is 23.1 Å². The van der Waals surface area contributed by atoms with E-state index in [2.05, 4.69) is 32.7 Å². The van der Waals surface area contributed by atoms with Gasteiger partial charge in [-0.2, -0.15) is 0 Å². The Morgan fingerprint density at radius 1 is 1.07 bits per heavy atom. The number of hydrogen-bond acceptors (Lipinski definition) is 4. The molecular weight excluding hydrogens is 376 g/mol. The van der Waals surface area contributed by atoms with Gasteiger partial charge in [-0.15, -0.1) is 0 Å². The summed E-state index contributed by atoms with van der Waals surface area (Å²) < 4.78 is 0. The summed E-state index contributed by atoms with van der Waals surface area (Å²) in [5.41, 5.74) is 3.64. The fraction of sp³-hybridized carbons (Fsp3) is 0.250. The molecule has 2 amide bonds. The van der Waals surface area contributed by atoms with Crippen LogP contribution in [0.3, 0.4) is 0 Å². The second-order valence-corrected chi connectivity index (χ2v) is 8.48. The summed E-state index contributed by atoms with van der Waals surface area (Å²) in [6.45, 7) is 0. The molecule has 1 spiro atoms. The Balaban J connectivity index is 1.21. The van der Waals surface area contributed by atoms with Crippen molar-refractivity contribution in [3.8, 4) is 0 Å². The largest absolute Gasteiger partial charge is 0.310 e. The fourth-order valence-corrected chi connectivity index (χ4v) is 4.99. The molecule has 1 aliphatic heterocycles. The number of benzene rings is 1. The molecule has 6 nitrogen and oxygen atoms in total. The van der Waals surface area contributed by atoms with E-state index in [9.17, 15) is 9.59 Å². The minimum absolute atomic E-state index is 0.00708.